The molecular weight excluding hydrogens is 1880 g/mol. The average molecular weight is 2000 g/mol. The van der Waals surface area contributed by atoms with Crippen molar-refractivity contribution >= 4 is 238 Å². The van der Waals surface area contributed by atoms with Crippen LogP contribution in [0.25, 0.3) is 150 Å². The molecule has 9 N–H and O–H groups in total. The summed E-state index contributed by atoms with van der Waals surface area (Å²) in [6.07, 6.45) is 5.94. The zero-order chi connectivity index (χ0) is 96.9. The predicted molar refractivity (Wildman–Crippen MR) is 542 cm³/mol. The van der Waals surface area contributed by atoms with Crippen LogP contribution in [-0.2, 0) is 67.3 Å². The van der Waals surface area contributed by atoms with Crippen LogP contribution in [0.1, 0.15) is 295 Å². The van der Waals surface area contributed by atoms with Gasteiger partial charge in [-0.3, -0.25) is 0 Å². The molecule has 34 heteroatoms. The zero-order valence-electron chi connectivity index (χ0n) is 83.2. The number of nitrogens with one attached hydrogen (secondary N) is 9. The van der Waals surface area contributed by atoms with E-state index >= 15 is 0 Å². The van der Waals surface area contributed by atoms with Gasteiger partial charge in [-0.2, -0.15) is 21.1 Å². The first-order chi connectivity index (χ1) is 63.0. The van der Waals surface area contributed by atoms with Gasteiger partial charge in [0, 0.05) is 102 Å². The fraction of sp³-hybridized carbons (Fsp3) is 0.371. The minimum absolute atomic E-state index is 0. The van der Waals surface area contributed by atoms with Crippen LogP contribution in [0.3, 0.4) is 0 Å². The van der Waals surface area contributed by atoms with Crippen molar-refractivity contribution in [3.63, 3.8) is 0 Å². The Labute approximate surface area is 874 Å². The molecule has 0 atom stereocenters. The second kappa shape index (κ2) is 54.5. The maximum atomic E-state index is 11.4. The summed E-state index contributed by atoms with van der Waals surface area (Å²) in [5.74, 6) is -6.72. The number of carbonyl (C=O) groups is 6. The Hall–Kier alpha value is -10.5. The maximum absolute atomic E-state index is 11.4. The van der Waals surface area contributed by atoms with Gasteiger partial charge in [-0.25, -0.2) is 29.9 Å². The molecule has 15 heterocycles. The fourth-order valence-electron chi connectivity index (χ4n) is 18.6. The molecule has 0 saturated carbocycles. The Morgan fingerprint density at radius 1 is 0.216 bits per heavy atom. The van der Waals surface area contributed by atoms with Crippen molar-refractivity contribution in [3.05, 3.63) is 225 Å². The number of carboxylic acid groups (broad SMARTS) is 6. The maximum Gasteiger partial charge on any atom is 3.00 e. The number of hydrogen-bond donors (Lipinski definition) is 6. The number of halogens is 3. The Kier molecular flexibility index (Phi) is 48.1. The van der Waals surface area contributed by atoms with E-state index in [-0.39, 0.29) is 184 Å². The van der Waals surface area contributed by atoms with Gasteiger partial charge in [-0.1, -0.05) is 41.5 Å². The van der Waals surface area contributed by atoms with Crippen molar-refractivity contribution in [2.45, 2.75) is 240 Å². The molecule has 720 valence electrons. The fourth-order valence-corrected chi connectivity index (χ4v) is 18.6. The third-order valence-electron chi connectivity index (χ3n) is 26.0. The Morgan fingerprint density at radius 3 is 0.525 bits per heavy atom. The number of hydrogen-bond acceptors (Lipinski definition) is 18. The third-order valence-corrected chi connectivity index (χ3v) is 26.0. The summed E-state index contributed by atoms with van der Waals surface area (Å²) in [6, 6.07) is 24.3. The molecule has 0 spiro atoms. The van der Waals surface area contributed by atoms with Gasteiger partial charge in [-0.15, -0.1) is 0 Å². The molecule has 27 nitrogen and oxygen atoms in total. The predicted octanol–water partition coefficient (Wildman–Crippen LogP) is 6.43. The molecule has 9 aromatic rings. The van der Waals surface area contributed by atoms with Crippen LogP contribution in [0, 0.1) is 41.5 Å². The number of H-pyrrole nitrogens is 6. The molecule has 0 fully saturated rings. The smallest absolute Gasteiger partial charge is 1.00 e. The van der Waals surface area contributed by atoms with E-state index in [4.69, 9.17) is 47.1 Å². The number of allylic oxidation sites excluding steroid dienone is 12. The summed E-state index contributed by atoms with van der Waals surface area (Å²) in [6.45, 7) is 37.2. The molecule has 9 aromatic heterocycles. The molecule has 0 unspecified atom stereocenters. The second-order valence-electron chi connectivity index (χ2n) is 33.3. The van der Waals surface area contributed by atoms with Crippen LogP contribution in [0.5, 0.6) is 0 Å². The van der Waals surface area contributed by atoms with Gasteiger partial charge in [0.25, 0.3) is 0 Å². The van der Waals surface area contributed by atoms with E-state index < -0.39 is 35.8 Å². The molecule has 0 amide bonds. The number of aryl methyl sites for hydroxylation is 12. The first-order valence-electron chi connectivity index (χ1n) is 45.2. The number of aromatic amines is 6. The number of nitrogens with zero attached hydrogens (tertiary/aromatic N) is 6. The second-order valence-corrected chi connectivity index (χ2v) is 33.3. The van der Waals surface area contributed by atoms with Gasteiger partial charge >= 0.3 is 69.4 Å². The Bertz CT molecular complexity index is 6260. The van der Waals surface area contributed by atoms with Gasteiger partial charge in [0.05, 0.1) is 68.3 Å². The largest absolute Gasteiger partial charge is 3.00 e. The minimum atomic E-state index is -1.12. The van der Waals surface area contributed by atoms with Crippen molar-refractivity contribution in [2.24, 2.45) is 0 Å². The van der Waals surface area contributed by atoms with Crippen LogP contribution in [-0.4, -0.2) is 186 Å². The summed E-state index contributed by atoms with van der Waals surface area (Å²) in [4.78, 5) is 120. The van der Waals surface area contributed by atoms with E-state index in [1.165, 1.54) is 37.8 Å². The summed E-state index contributed by atoms with van der Waals surface area (Å²) >= 11 is 0. The van der Waals surface area contributed by atoms with E-state index in [9.17, 15) is 59.4 Å². The molecule has 6 aliphatic rings. The van der Waals surface area contributed by atoms with E-state index in [0.717, 1.165) is 273 Å². The van der Waals surface area contributed by atoms with Crippen molar-refractivity contribution in [2.75, 3.05) is 21.1 Å². The molecular formula is C105H120Al4Cl3N15O12. The molecule has 6 aliphatic heterocycles. The number of carbonyl (C=O) groups excluding carboxylic acids is 6. The van der Waals surface area contributed by atoms with Gasteiger partial charge in [-0.05, 0) is 405 Å². The molecule has 0 aliphatic carbocycles. The molecule has 0 saturated heterocycles. The van der Waals surface area contributed by atoms with Crippen LogP contribution in [0.2, 0.25) is 0 Å². The van der Waals surface area contributed by atoms with Gasteiger partial charge in [0.2, 0.25) is 0 Å². The zero-order valence-corrected chi connectivity index (χ0v) is 90.1. The quantitative estimate of drug-likeness (QED) is 0.0355. The first-order valence-corrected chi connectivity index (χ1v) is 45.2. The third kappa shape index (κ3) is 27.2. The minimum Gasteiger partial charge on any atom is -1.00 e. The van der Waals surface area contributed by atoms with Gasteiger partial charge in [0.1, 0.15) is 0 Å². The number of carboxylic acids is 6. The standard InChI is InChI=1S/3C34H38N4O4.3CH4N.4Al.3ClH/c3*1-7-21-17(3)25-13-26-19(5)23(9-11-33(39)40)31(37-26)16-32-24(10-12-34(41)42)20(6)28(38-32)15-30-22(8-2)18(4)27(36-30)14-29(21)35-25;3*1-2;;;;;;;/h3*13-16,35,38H,7-12H2,1-6H3,(H,39,40)(H,41,42);3*2H,1H3;;;;;3*1H/q;;;3*-1;4*+3;;;/p-9. The monoisotopic (exact) mass is 2000 g/mol. The van der Waals surface area contributed by atoms with Crippen molar-refractivity contribution in [1.82, 2.24) is 59.8 Å². The van der Waals surface area contributed by atoms with Crippen LogP contribution < -0.4 is 67.9 Å². The SMILES string of the molecule is CCC1=C(C)c2cc3[nH]c(cc4nc(cc5[nH]c(cc1n2)c(C)c5CCC(=O)[O-])C(CCC(=O)[O-])=C4C)c(C)c3CC.CCC1=C(C)c2cc3[nH]c(cc4nc(cc5[nH]c(cc1n2)c(C)c5CCC(=O)[O-])C(CCC(=O)[O-])=C4C)c(C)c3CC.CCC1=C(C)c2cc3[nH]c(cc4nc(cc5[nH]c(cc1n2)c(C)c5CCC(=O)[O-])C(CCC(=O)[O-])=C4C)c(C)c3CC.C[NH-].C[NH-].C[NH-].[Al+3].[Al+3].[Al+3].[Al+3].[Cl-].[Cl-].[Cl-]. The van der Waals surface area contributed by atoms with E-state index in [1.807, 2.05) is 96.1 Å². The van der Waals surface area contributed by atoms with E-state index in [0.29, 0.717) is 17.1 Å². The van der Waals surface area contributed by atoms with Gasteiger partial charge < -0.3 is 144 Å². The van der Waals surface area contributed by atoms with Crippen LogP contribution in [0.4, 0.5) is 0 Å². The summed E-state index contributed by atoms with van der Waals surface area (Å²) < 4.78 is 0. The normalized spacial score (nSPS) is 12.2. The van der Waals surface area contributed by atoms with E-state index in [2.05, 4.69) is 131 Å². The van der Waals surface area contributed by atoms with Crippen molar-refractivity contribution in [3.8, 4) is 0 Å². The number of fused-ring (bicyclic) bond motifs is 24. The number of aliphatic carboxylic acids is 6. The molecule has 24 bridgehead atoms. The number of rotatable bonds is 24. The summed E-state index contributed by atoms with van der Waals surface area (Å²) in [5, 5.41) is 68.5. The van der Waals surface area contributed by atoms with Crippen molar-refractivity contribution in [1.29, 1.82) is 0 Å². The first kappa shape index (κ1) is 123. The van der Waals surface area contributed by atoms with Gasteiger partial charge in [0.15, 0.2) is 0 Å². The summed E-state index contributed by atoms with van der Waals surface area (Å²) in [5.41, 5.74) is 62.0. The Balaban J connectivity index is 0.000000509. The molecule has 0 radical (unpaired) electrons. The molecule has 15 rings (SSSR count). The van der Waals surface area contributed by atoms with Crippen LogP contribution >= 0.6 is 0 Å². The van der Waals surface area contributed by atoms with E-state index in [1.54, 1.807) is 0 Å². The van der Waals surface area contributed by atoms with Crippen LogP contribution in [0.15, 0.2) is 72.8 Å². The molecule has 0 aromatic carbocycles. The molecule has 139 heavy (non-hydrogen) atoms. The number of aromatic nitrogens is 12. The topological polar surface area (TPSA) is 484 Å². The van der Waals surface area contributed by atoms with Crippen molar-refractivity contribution < 1.29 is 96.6 Å². The summed E-state index contributed by atoms with van der Waals surface area (Å²) in [7, 11) is 3.75. The Morgan fingerprint density at radius 2 is 0.353 bits per heavy atom. The average Bonchev–Trinajstić information content (AvgIpc) is 1.62.